The summed E-state index contributed by atoms with van der Waals surface area (Å²) in [4.78, 5) is 35.4. The van der Waals surface area contributed by atoms with Crippen molar-refractivity contribution in [2.45, 2.75) is 26.3 Å². The molecule has 0 aromatic carbocycles. The summed E-state index contributed by atoms with van der Waals surface area (Å²) in [6.45, 7) is 2.21. The summed E-state index contributed by atoms with van der Waals surface area (Å²) in [5, 5.41) is 19.6. The Hall–Kier alpha value is -2.69. The van der Waals surface area contributed by atoms with Gasteiger partial charge in [0, 0.05) is 19.7 Å². The van der Waals surface area contributed by atoms with Gasteiger partial charge < -0.3 is 4.90 Å². The van der Waals surface area contributed by atoms with Crippen LogP contribution < -0.4 is 5.56 Å². The molecule has 0 aliphatic rings. The number of carbonyl (C=O) groups is 1. The van der Waals surface area contributed by atoms with E-state index in [2.05, 4.69) is 0 Å². The summed E-state index contributed by atoms with van der Waals surface area (Å²) >= 11 is 0. The van der Waals surface area contributed by atoms with Crippen LogP contribution in [0, 0.1) is 21.4 Å². The van der Waals surface area contributed by atoms with Gasteiger partial charge in [0.15, 0.2) is 0 Å². The van der Waals surface area contributed by atoms with Crippen LogP contribution in [0.3, 0.4) is 0 Å². The molecule has 8 nitrogen and oxygen atoms in total. The highest BCUT2D eigenvalue weighted by Gasteiger charge is 2.17. The summed E-state index contributed by atoms with van der Waals surface area (Å²) in [7, 11) is 1.60. The quantitative estimate of drug-likeness (QED) is 0.571. The van der Waals surface area contributed by atoms with Crippen LogP contribution in [-0.4, -0.2) is 33.9 Å². The third kappa shape index (κ3) is 4.14. The van der Waals surface area contributed by atoms with Crippen molar-refractivity contribution < 1.29 is 9.72 Å². The first-order valence-electron chi connectivity index (χ1n) is 6.43. The molecule has 1 amide bonds. The van der Waals surface area contributed by atoms with Gasteiger partial charge in [-0.2, -0.15) is 5.26 Å². The zero-order valence-electron chi connectivity index (χ0n) is 11.9. The van der Waals surface area contributed by atoms with E-state index in [0.717, 1.165) is 29.7 Å². The maximum Gasteiger partial charge on any atom is 0.287 e. The Morgan fingerprint density at radius 2 is 2.24 bits per heavy atom. The zero-order valence-corrected chi connectivity index (χ0v) is 11.9. The number of carbonyl (C=O) groups excluding carboxylic acids is 1. The fraction of sp³-hybridized carbons (Fsp3) is 0.462. The summed E-state index contributed by atoms with van der Waals surface area (Å²) in [5.41, 5.74) is -1.45. The average Bonchev–Trinajstić information content (AvgIpc) is 2.46. The van der Waals surface area contributed by atoms with Crippen molar-refractivity contribution in [3.05, 3.63) is 38.3 Å². The van der Waals surface area contributed by atoms with Gasteiger partial charge in [0.05, 0.1) is 11.1 Å². The van der Waals surface area contributed by atoms with Gasteiger partial charge in [0.1, 0.15) is 18.2 Å². The SMILES string of the molecule is CCCCN(C)C(=O)Cn1cc([N+](=O)[O-])cc(C#N)c1=O. The molecule has 0 aliphatic heterocycles. The van der Waals surface area contributed by atoms with Gasteiger partial charge >= 0.3 is 0 Å². The van der Waals surface area contributed by atoms with Crippen molar-refractivity contribution in [2.24, 2.45) is 0 Å². The predicted octanol–water partition coefficient (Wildman–Crippen LogP) is 0.887. The topological polar surface area (TPSA) is 109 Å². The first-order chi connectivity index (χ1) is 9.90. The molecule has 1 rings (SSSR count). The first-order valence-corrected chi connectivity index (χ1v) is 6.43. The first kappa shape index (κ1) is 16.4. The Morgan fingerprint density at radius 1 is 1.57 bits per heavy atom. The lowest BCUT2D eigenvalue weighted by Crippen LogP contribution is -2.35. The molecule has 0 atom stereocenters. The van der Waals surface area contributed by atoms with Crippen LogP contribution >= 0.6 is 0 Å². The van der Waals surface area contributed by atoms with Crippen LogP contribution in [0.1, 0.15) is 25.3 Å². The van der Waals surface area contributed by atoms with E-state index < -0.39 is 16.2 Å². The number of nitro groups is 1. The van der Waals surface area contributed by atoms with Crippen LogP contribution in [0.2, 0.25) is 0 Å². The number of pyridine rings is 1. The van der Waals surface area contributed by atoms with E-state index in [1.807, 2.05) is 6.92 Å². The van der Waals surface area contributed by atoms with Crippen molar-refractivity contribution in [2.75, 3.05) is 13.6 Å². The maximum atomic E-state index is 12.0. The van der Waals surface area contributed by atoms with Crippen LogP contribution in [-0.2, 0) is 11.3 Å². The largest absolute Gasteiger partial charge is 0.344 e. The molecular weight excluding hydrogens is 276 g/mol. The van der Waals surface area contributed by atoms with E-state index in [1.54, 1.807) is 13.1 Å². The third-order valence-corrected chi connectivity index (χ3v) is 2.98. The third-order valence-electron chi connectivity index (χ3n) is 2.98. The molecule has 0 unspecified atom stereocenters. The molecular formula is C13H16N4O4. The van der Waals surface area contributed by atoms with Gasteiger partial charge in [-0.25, -0.2) is 0 Å². The van der Waals surface area contributed by atoms with Gasteiger partial charge in [0.2, 0.25) is 5.91 Å². The minimum absolute atomic E-state index is 0.324. The highest BCUT2D eigenvalue weighted by molar-refractivity contribution is 5.75. The molecule has 1 heterocycles. The fourth-order valence-electron chi connectivity index (χ4n) is 1.70. The summed E-state index contributed by atoms with van der Waals surface area (Å²) < 4.78 is 0.904. The number of nitrogens with zero attached hydrogens (tertiary/aromatic N) is 4. The average molecular weight is 292 g/mol. The fourth-order valence-corrected chi connectivity index (χ4v) is 1.70. The van der Waals surface area contributed by atoms with Gasteiger partial charge in [0.25, 0.3) is 11.2 Å². The highest BCUT2D eigenvalue weighted by atomic mass is 16.6. The number of unbranched alkanes of at least 4 members (excludes halogenated alkanes) is 1. The number of nitriles is 1. The Bertz CT molecular complexity index is 645. The van der Waals surface area contributed by atoms with E-state index in [4.69, 9.17) is 5.26 Å². The van der Waals surface area contributed by atoms with Gasteiger partial charge in [-0.15, -0.1) is 0 Å². The molecule has 8 heteroatoms. The van der Waals surface area contributed by atoms with E-state index in [9.17, 15) is 19.7 Å². The van der Waals surface area contributed by atoms with Crippen LogP contribution in [0.5, 0.6) is 0 Å². The number of hydrogen-bond donors (Lipinski definition) is 0. The number of aromatic nitrogens is 1. The van der Waals surface area contributed by atoms with Gasteiger partial charge in [-0.1, -0.05) is 13.3 Å². The van der Waals surface area contributed by atoms with Crippen molar-refractivity contribution in [3.63, 3.8) is 0 Å². The summed E-state index contributed by atoms with van der Waals surface area (Å²) in [5.74, 6) is -0.338. The van der Waals surface area contributed by atoms with Crippen molar-refractivity contribution >= 4 is 11.6 Å². The Balaban J connectivity index is 3.05. The normalized spacial score (nSPS) is 9.95. The minimum Gasteiger partial charge on any atom is -0.344 e. The smallest absolute Gasteiger partial charge is 0.287 e. The number of likely N-dealkylation sites (N-methyl/N-ethyl adjacent to an activating group) is 1. The number of amides is 1. The van der Waals surface area contributed by atoms with E-state index in [1.165, 1.54) is 4.90 Å². The molecule has 0 N–H and O–H groups in total. The van der Waals surface area contributed by atoms with Crippen LogP contribution in [0.25, 0.3) is 0 Å². The molecule has 0 radical (unpaired) electrons. The molecule has 0 fully saturated rings. The second kappa shape index (κ2) is 7.19. The van der Waals surface area contributed by atoms with Crippen molar-refractivity contribution in [3.8, 4) is 6.07 Å². The Kier molecular flexibility index (Phi) is 5.60. The maximum absolute atomic E-state index is 12.0. The lowest BCUT2D eigenvalue weighted by atomic mass is 10.2. The molecule has 0 aliphatic carbocycles. The second-order valence-corrected chi connectivity index (χ2v) is 4.58. The molecule has 0 saturated heterocycles. The van der Waals surface area contributed by atoms with E-state index in [-0.39, 0.29) is 18.0 Å². The minimum atomic E-state index is -0.708. The van der Waals surface area contributed by atoms with Crippen LogP contribution in [0.15, 0.2) is 17.1 Å². The molecule has 112 valence electrons. The summed E-state index contributed by atoms with van der Waals surface area (Å²) in [6.07, 6.45) is 2.73. The molecule has 0 saturated carbocycles. The molecule has 1 aromatic rings. The van der Waals surface area contributed by atoms with Gasteiger partial charge in [-0.3, -0.25) is 24.3 Å². The second-order valence-electron chi connectivity index (χ2n) is 4.58. The Morgan fingerprint density at radius 3 is 2.76 bits per heavy atom. The molecule has 1 aromatic heterocycles. The predicted molar refractivity (Wildman–Crippen MR) is 74.6 cm³/mol. The lowest BCUT2D eigenvalue weighted by molar-refractivity contribution is -0.385. The monoisotopic (exact) mass is 292 g/mol. The van der Waals surface area contributed by atoms with Gasteiger partial charge in [-0.05, 0) is 6.42 Å². The summed E-state index contributed by atoms with van der Waals surface area (Å²) in [6, 6.07) is 2.51. The number of rotatable bonds is 6. The standard InChI is InChI=1S/C13H16N4O4/c1-3-4-5-15(2)12(18)9-16-8-11(17(20)21)6-10(7-14)13(16)19/h6,8H,3-5,9H2,1-2H3. The molecule has 0 spiro atoms. The van der Waals surface area contributed by atoms with Crippen molar-refractivity contribution in [1.82, 2.24) is 9.47 Å². The molecule has 21 heavy (non-hydrogen) atoms. The zero-order chi connectivity index (χ0) is 16.0. The lowest BCUT2D eigenvalue weighted by Gasteiger charge is -2.17. The molecule has 0 bridgehead atoms. The highest BCUT2D eigenvalue weighted by Crippen LogP contribution is 2.10. The van der Waals surface area contributed by atoms with Crippen LogP contribution in [0.4, 0.5) is 5.69 Å². The van der Waals surface area contributed by atoms with Crippen molar-refractivity contribution in [1.29, 1.82) is 5.26 Å². The van der Waals surface area contributed by atoms with E-state index in [0.29, 0.717) is 6.54 Å². The van der Waals surface area contributed by atoms with E-state index >= 15 is 0 Å². The Labute approximate surface area is 121 Å². The number of hydrogen-bond acceptors (Lipinski definition) is 5.